The van der Waals surface area contributed by atoms with E-state index in [1.165, 1.54) is 11.8 Å². The van der Waals surface area contributed by atoms with Gasteiger partial charge >= 0.3 is 0 Å². The average Bonchev–Trinajstić information content (AvgIpc) is 3.13. The van der Waals surface area contributed by atoms with Gasteiger partial charge in [-0.15, -0.1) is 11.8 Å². The molecule has 0 radical (unpaired) electrons. The topological polar surface area (TPSA) is 95.8 Å². The van der Waals surface area contributed by atoms with Crippen LogP contribution in [-0.2, 0) is 20.6 Å². The third-order valence-electron chi connectivity index (χ3n) is 5.96. The number of carbonyl (C=O) groups is 1. The van der Waals surface area contributed by atoms with E-state index in [-0.39, 0.29) is 16.6 Å². The summed E-state index contributed by atoms with van der Waals surface area (Å²) in [6.45, 7) is 10.4. The Kier molecular flexibility index (Phi) is 8.83. The highest BCUT2D eigenvalue weighted by molar-refractivity contribution is 7.99. The molecular formula is C23H34N4O4S2. The van der Waals surface area contributed by atoms with Crippen molar-refractivity contribution in [2.45, 2.75) is 57.6 Å². The third-order valence-corrected chi connectivity index (χ3v) is 8.81. The molecule has 0 saturated carbocycles. The van der Waals surface area contributed by atoms with Crippen molar-refractivity contribution in [3.05, 3.63) is 35.2 Å². The lowest BCUT2D eigenvalue weighted by Gasteiger charge is -2.28. The molecule has 0 unspecified atom stereocenters. The van der Waals surface area contributed by atoms with E-state index < -0.39 is 10.0 Å². The number of rotatable bonds is 10. The fourth-order valence-electron chi connectivity index (χ4n) is 4.01. The van der Waals surface area contributed by atoms with Gasteiger partial charge in [0, 0.05) is 37.5 Å². The molecule has 8 nitrogen and oxygen atoms in total. The summed E-state index contributed by atoms with van der Waals surface area (Å²) >= 11 is 1.47. The highest BCUT2D eigenvalue weighted by atomic mass is 32.2. The van der Waals surface area contributed by atoms with Crippen molar-refractivity contribution in [1.29, 1.82) is 0 Å². The lowest BCUT2D eigenvalue weighted by molar-refractivity contribution is -0.113. The molecule has 1 amide bonds. The van der Waals surface area contributed by atoms with Crippen molar-refractivity contribution in [1.82, 2.24) is 9.46 Å². The predicted molar refractivity (Wildman–Crippen MR) is 133 cm³/mol. The number of aromatic nitrogens is 1. The second kappa shape index (κ2) is 11.4. The number of carbonyl (C=O) groups excluding carboxylic acids is 1. The van der Waals surface area contributed by atoms with E-state index in [1.54, 1.807) is 22.5 Å². The molecule has 1 N–H and O–H groups in total. The van der Waals surface area contributed by atoms with Gasteiger partial charge in [-0.3, -0.25) is 4.79 Å². The minimum Gasteiger partial charge on any atom is -0.370 e. The van der Waals surface area contributed by atoms with Crippen molar-refractivity contribution in [2.24, 2.45) is 0 Å². The fourth-order valence-corrected chi connectivity index (χ4v) is 6.53. The average molecular weight is 495 g/mol. The van der Waals surface area contributed by atoms with Crippen molar-refractivity contribution in [3.8, 4) is 0 Å². The Balaban J connectivity index is 1.78. The number of hydrogen-bond acceptors (Lipinski definition) is 7. The number of thioether (sulfide) groups is 1. The highest BCUT2D eigenvalue weighted by Gasteiger charge is 2.27. The van der Waals surface area contributed by atoms with Crippen LogP contribution >= 0.6 is 11.8 Å². The number of hydrogen-bond donors (Lipinski definition) is 1. The maximum absolute atomic E-state index is 13.2. The minimum absolute atomic E-state index is 0.173. The van der Waals surface area contributed by atoms with Crippen molar-refractivity contribution in [3.63, 3.8) is 0 Å². The van der Waals surface area contributed by atoms with E-state index in [4.69, 9.17) is 4.52 Å². The summed E-state index contributed by atoms with van der Waals surface area (Å²) in [5, 5.41) is 6.91. The van der Waals surface area contributed by atoms with Crippen LogP contribution in [0.15, 0.2) is 27.6 Å². The Morgan fingerprint density at radius 2 is 1.88 bits per heavy atom. The lowest BCUT2D eigenvalue weighted by atomic mass is 10.2. The van der Waals surface area contributed by atoms with Gasteiger partial charge in [-0.05, 0) is 58.7 Å². The normalized spacial score (nSPS) is 14.9. The maximum atomic E-state index is 13.2. The smallest absolute Gasteiger partial charge is 0.243 e. The largest absolute Gasteiger partial charge is 0.370 e. The molecule has 2 aromatic rings. The van der Waals surface area contributed by atoms with Crippen LogP contribution in [0.25, 0.3) is 0 Å². The molecule has 3 rings (SSSR count). The van der Waals surface area contributed by atoms with Gasteiger partial charge < -0.3 is 14.7 Å². The summed E-state index contributed by atoms with van der Waals surface area (Å²) in [7, 11) is -3.59. The number of anilines is 2. The molecule has 0 atom stereocenters. The van der Waals surface area contributed by atoms with Crippen LogP contribution in [0.3, 0.4) is 0 Å². The third kappa shape index (κ3) is 6.10. The number of aryl methyl sites for hydroxylation is 2. The van der Waals surface area contributed by atoms with Gasteiger partial charge in [0.25, 0.3) is 0 Å². The van der Waals surface area contributed by atoms with E-state index in [1.807, 2.05) is 27.7 Å². The van der Waals surface area contributed by atoms with Crippen LogP contribution in [-0.4, -0.2) is 55.7 Å². The molecule has 0 aliphatic carbocycles. The number of sulfonamides is 1. The molecule has 0 spiro atoms. The maximum Gasteiger partial charge on any atom is 0.243 e. The van der Waals surface area contributed by atoms with Gasteiger partial charge in [0.2, 0.25) is 15.9 Å². The predicted octanol–water partition coefficient (Wildman–Crippen LogP) is 4.18. The van der Waals surface area contributed by atoms with Gasteiger partial charge in [0.15, 0.2) is 0 Å². The quantitative estimate of drug-likeness (QED) is 0.529. The number of benzene rings is 1. The highest BCUT2D eigenvalue weighted by Crippen LogP contribution is 2.31. The van der Waals surface area contributed by atoms with Crippen LogP contribution in [0, 0.1) is 13.8 Å². The van der Waals surface area contributed by atoms with E-state index >= 15 is 0 Å². The van der Waals surface area contributed by atoms with Gasteiger partial charge in [-0.2, -0.15) is 4.31 Å². The van der Waals surface area contributed by atoms with E-state index in [0.717, 1.165) is 55.1 Å². The first-order chi connectivity index (χ1) is 15.8. The summed E-state index contributed by atoms with van der Waals surface area (Å²) in [5.74, 6) is 1.46. The van der Waals surface area contributed by atoms with Crippen LogP contribution in [0.4, 0.5) is 11.4 Å². The van der Waals surface area contributed by atoms with E-state index in [2.05, 4.69) is 15.4 Å². The molecule has 1 aliphatic rings. The molecule has 182 valence electrons. The number of piperidine rings is 1. The first kappa shape index (κ1) is 25.6. The molecule has 1 aliphatic heterocycles. The Morgan fingerprint density at radius 3 is 2.48 bits per heavy atom. The summed E-state index contributed by atoms with van der Waals surface area (Å²) in [4.78, 5) is 15.1. The van der Waals surface area contributed by atoms with E-state index in [9.17, 15) is 13.2 Å². The molecular weight excluding hydrogens is 460 g/mol. The van der Waals surface area contributed by atoms with Gasteiger partial charge in [-0.25, -0.2) is 8.42 Å². The molecule has 0 bridgehead atoms. The minimum atomic E-state index is -3.59. The number of amides is 1. The van der Waals surface area contributed by atoms with E-state index in [0.29, 0.717) is 24.5 Å². The van der Waals surface area contributed by atoms with Gasteiger partial charge in [0.05, 0.1) is 27.7 Å². The summed E-state index contributed by atoms with van der Waals surface area (Å²) in [5.41, 5.74) is 3.19. The van der Waals surface area contributed by atoms with Crippen LogP contribution in [0.1, 0.15) is 50.1 Å². The van der Waals surface area contributed by atoms with Gasteiger partial charge in [0.1, 0.15) is 5.76 Å². The molecule has 1 aromatic carbocycles. The van der Waals surface area contributed by atoms with Crippen molar-refractivity contribution < 1.29 is 17.7 Å². The number of nitrogens with zero attached hydrogens (tertiary/aromatic N) is 3. The standard InChI is InChI=1S/C23H34N4O4S2/c1-5-26(6-2)22-11-10-19(33(29,30)27-12-8-7-9-13-27)14-21(22)24-23(28)16-32-15-20-17(3)25-31-18(20)4/h10-11,14H,5-9,12-13,15-16H2,1-4H3,(H,24,28). The molecule has 2 heterocycles. The summed E-state index contributed by atoms with van der Waals surface area (Å²) in [6, 6.07) is 5.06. The first-order valence-corrected chi connectivity index (χ1v) is 14.1. The fraction of sp³-hybridized carbons (Fsp3) is 0.565. The second-order valence-electron chi connectivity index (χ2n) is 8.16. The Hall–Kier alpha value is -2.04. The summed E-state index contributed by atoms with van der Waals surface area (Å²) < 4.78 is 33.1. The Labute approximate surface area is 201 Å². The zero-order valence-electron chi connectivity index (χ0n) is 19.9. The molecule has 33 heavy (non-hydrogen) atoms. The van der Waals surface area contributed by atoms with Crippen LogP contribution in [0.5, 0.6) is 0 Å². The molecule has 1 saturated heterocycles. The summed E-state index contributed by atoms with van der Waals surface area (Å²) in [6.07, 6.45) is 2.81. The van der Waals surface area contributed by atoms with Crippen LogP contribution < -0.4 is 10.2 Å². The van der Waals surface area contributed by atoms with Crippen LogP contribution in [0.2, 0.25) is 0 Å². The Bertz CT molecular complexity index is 1040. The van der Waals surface area contributed by atoms with Crippen molar-refractivity contribution in [2.75, 3.05) is 42.1 Å². The molecule has 1 aromatic heterocycles. The zero-order valence-corrected chi connectivity index (χ0v) is 21.5. The van der Waals surface area contributed by atoms with Crippen molar-refractivity contribution >= 4 is 39.1 Å². The SMILES string of the molecule is CCN(CC)c1ccc(S(=O)(=O)N2CCCCC2)cc1NC(=O)CSCc1c(C)noc1C. The molecule has 10 heteroatoms. The lowest BCUT2D eigenvalue weighted by Crippen LogP contribution is -2.35. The Morgan fingerprint density at radius 1 is 1.18 bits per heavy atom. The zero-order chi connectivity index (χ0) is 24.0. The first-order valence-electron chi connectivity index (χ1n) is 11.5. The monoisotopic (exact) mass is 494 g/mol. The second-order valence-corrected chi connectivity index (χ2v) is 11.1. The molecule has 1 fully saturated rings. The number of nitrogens with one attached hydrogen (secondary N) is 1. The van der Waals surface area contributed by atoms with Gasteiger partial charge in [-0.1, -0.05) is 11.6 Å².